The van der Waals surface area contributed by atoms with E-state index in [1.165, 1.54) is 24.6 Å². The highest BCUT2D eigenvalue weighted by Gasteiger charge is 2.17. The molecular formula is C24H22N6O4S. The van der Waals surface area contributed by atoms with Crippen molar-refractivity contribution in [2.45, 2.75) is 6.92 Å². The van der Waals surface area contributed by atoms with Crippen molar-refractivity contribution in [3.63, 3.8) is 0 Å². The van der Waals surface area contributed by atoms with Gasteiger partial charge in [0, 0.05) is 24.5 Å². The van der Waals surface area contributed by atoms with Crippen LogP contribution < -0.4 is 21.3 Å². The molecule has 2 aromatic heterocycles. The number of carbonyl (C=O) groups excluding carboxylic acids is 3. The van der Waals surface area contributed by atoms with Gasteiger partial charge in [0.1, 0.15) is 5.82 Å². The maximum absolute atomic E-state index is 13.2. The number of fused-ring (bicyclic) bond motifs is 1. The lowest BCUT2D eigenvalue weighted by Gasteiger charge is -2.13. The molecule has 0 aliphatic heterocycles. The third kappa shape index (κ3) is 5.71. The Labute approximate surface area is 204 Å². The molecule has 178 valence electrons. The maximum atomic E-state index is 13.2. The molecule has 0 atom stereocenters. The summed E-state index contributed by atoms with van der Waals surface area (Å²) >= 11 is 1.23. The van der Waals surface area contributed by atoms with Crippen LogP contribution in [0.1, 0.15) is 27.6 Å². The lowest BCUT2D eigenvalue weighted by Crippen LogP contribution is -2.28. The zero-order chi connectivity index (χ0) is 24.8. The Hall–Kier alpha value is -4.51. The topological polar surface area (TPSA) is 134 Å². The molecular weight excluding hydrogens is 468 g/mol. The number of anilines is 4. The number of urea groups is 1. The molecule has 0 aliphatic rings. The Morgan fingerprint density at radius 2 is 1.83 bits per heavy atom. The summed E-state index contributed by atoms with van der Waals surface area (Å²) in [5.74, 6) is -0.607. The quantitative estimate of drug-likeness (QED) is 0.278. The minimum atomic E-state index is -0.449. The van der Waals surface area contributed by atoms with E-state index in [-0.39, 0.29) is 11.4 Å². The predicted octanol–water partition coefficient (Wildman–Crippen LogP) is 4.62. The number of para-hydroxylation sites is 1. The van der Waals surface area contributed by atoms with Gasteiger partial charge >= 0.3 is 12.0 Å². The number of carbonyl (C=O) groups is 3. The van der Waals surface area contributed by atoms with E-state index in [1.807, 2.05) is 30.3 Å². The zero-order valence-electron chi connectivity index (χ0n) is 18.9. The molecule has 0 saturated heterocycles. The Balaban J connectivity index is 1.61. The van der Waals surface area contributed by atoms with E-state index in [0.717, 1.165) is 10.4 Å². The lowest BCUT2D eigenvalue weighted by molar-refractivity contribution is 0.0600. The molecule has 0 fully saturated rings. The van der Waals surface area contributed by atoms with Crippen LogP contribution in [0.2, 0.25) is 0 Å². The number of rotatable bonds is 7. The summed E-state index contributed by atoms with van der Waals surface area (Å²) in [5, 5.41) is 11.6. The molecule has 0 bridgehead atoms. The third-order valence-electron chi connectivity index (χ3n) is 4.81. The lowest BCUT2D eigenvalue weighted by atomic mass is 10.2. The number of benzene rings is 2. The van der Waals surface area contributed by atoms with Crippen molar-refractivity contribution in [3.8, 4) is 0 Å². The summed E-state index contributed by atoms with van der Waals surface area (Å²) in [6.07, 6.45) is 1.38. The largest absolute Gasteiger partial charge is 0.465 e. The second-order valence-corrected chi connectivity index (χ2v) is 8.27. The van der Waals surface area contributed by atoms with E-state index >= 15 is 0 Å². The van der Waals surface area contributed by atoms with E-state index in [0.29, 0.717) is 28.4 Å². The van der Waals surface area contributed by atoms with Gasteiger partial charge in [0.15, 0.2) is 5.13 Å². The average Bonchev–Trinajstić information content (AvgIpc) is 3.25. The molecule has 0 spiro atoms. The fourth-order valence-electron chi connectivity index (χ4n) is 3.19. The molecule has 10 nitrogen and oxygen atoms in total. The first kappa shape index (κ1) is 23.6. The van der Waals surface area contributed by atoms with Crippen molar-refractivity contribution in [2.24, 2.45) is 0 Å². The van der Waals surface area contributed by atoms with Gasteiger partial charge in [-0.05, 0) is 37.3 Å². The molecule has 11 heteroatoms. The van der Waals surface area contributed by atoms with Gasteiger partial charge in [0.2, 0.25) is 0 Å². The normalized spacial score (nSPS) is 10.5. The zero-order valence-corrected chi connectivity index (χ0v) is 19.7. The number of nitrogens with one attached hydrogen (secondary N) is 4. The molecule has 0 aliphatic carbocycles. The van der Waals surface area contributed by atoms with Gasteiger partial charge in [-0.15, -0.1) is 0 Å². The number of ether oxygens (including phenoxy) is 1. The van der Waals surface area contributed by atoms with Crippen LogP contribution in [0.3, 0.4) is 0 Å². The molecule has 2 aromatic carbocycles. The van der Waals surface area contributed by atoms with E-state index in [9.17, 15) is 14.4 Å². The van der Waals surface area contributed by atoms with E-state index in [2.05, 4.69) is 31.2 Å². The number of aromatic nitrogens is 2. The van der Waals surface area contributed by atoms with E-state index in [1.54, 1.807) is 31.2 Å². The molecule has 0 saturated carbocycles. The van der Waals surface area contributed by atoms with Crippen molar-refractivity contribution in [1.82, 2.24) is 15.3 Å². The number of amides is 3. The molecule has 3 amide bonds. The Morgan fingerprint density at radius 1 is 1.03 bits per heavy atom. The minimum absolute atomic E-state index is 0.254. The summed E-state index contributed by atoms with van der Waals surface area (Å²) in [5.41, 5.74) is 2.50. The van der Waals surface area contributed by atoms with Gasteiger partial charge in [0.05, 0.1) is 34.1 Å². The molecule has 4 rings (SSSR count). The van der Waals surface area contributed by atoms with Crippen molar-refractivity contribution in [3.05, 3.63) is 71.9 Å². The fourth-order valence-corrected chi connectivity index (χ4v) is 4.09. The highest BCUT2D eigenvalue weighted by Crippen LogP contribution is 2.29. The number of thiazole rings is 1. The van der Waals surface area contributed by atoms with Crippen LogP contribution in [0.25, 0.3) is 10.2 Å². The molecule has 35 heavy (non-hydrogen) atoms. The smallest absolute Gasteiger partial charge is 0.337 e. The van der Waals surface area contributed by atoms with Crippen LogP contribution in [0.5, 0.6) is 0 Å². The number of hydrogen-bond donors (Lipinski definition) is 4. The molecule has 4 aromatic rings. The summed E-state index contributed by atoms with van der Waals surface area (Å²) in [6, 6.07) is 15.5. The first-order valence-corrected chi connectivity index (χ1v) is 11.5. The number of nitrogens with zero attached hydrogens (tertiary/aromatic N) is 2. The number of pyridine rings is 1. The summed E-state index contributed by atoms with van der Waals surface area (Å²) in [6.45, 7) is 2.27. The average molecular weight is 491 g/mol. The van der Waals surface area contributed by atoms with E-state index in [4.69, 9.17) is 4.74 Å². The van der Waals surface area contributed by atoms with Crippen LogP contribution in [-0.2, 0) is 4.74 Å². The maximum Gasteiger partial charge on any atom is 0.337 e. The first-order valence-electron chi connectivity index (χ1n) is 10.6. The Kier molecular flexibility index (Phi) is 7.17. The monoisotopic (exact) mass is 490 g/mol. The SMILES string of the molecule is CCNC(=O)Nc1cc(Nc2ccccc2)c(C(=O)Nc2nc3ccc(C(=O)OC)cc3s2)cn1. The van der Waals surface area contributed by atoms with Crippen LogP contribution in [0.4, 0.5) is 27.1 Å². The van der Waals surface area contributed by atoms with Crippen molar-refractivity contribution < 1.29 is 19.1 Å². The van der Waals surface area contributed by atoms with Gasteiger partial charge in [-0.25, -0.2) is 19.6 Å². The molecule has 2 heterocycles. The van der Waals surface area contributed by atoms with Gasteiger partial charge in [-0.1, -0.05) is 29.5 Å². The highest BCUT2D eigenvalue weighted by molar-refractivity contribution is 7.22. The van der Waals surface area contributed by atoms with Gasteiger partial charge in [-0.3, -0.25) is 15.4 Å². The molecule has 0 radical (unpaired) electrons. The number of methoxy groups -OCH3 is 1. The number of hydrogen-bond acceptors (Lipinski definition) is 8. The second-order valence-electron chi connectivity index (χ2n) is 7.24. The van der Waals surface area contributed by atoms with Crippen LogP contribution >= 0.6 is 11.3 Å². The summed E-state index contributed by atoms with van der Waals surface area (Å²) < 4.78 is 5.48. The summed E-state index contributed by atoms with van der Waals surface area (Å²) in [4.78, 5) is 45.5. The third-order valence-corrected chi connectivity index (χ3v) is 5.74. The molecule has 0 unspecified atom stereocenters. The number of esters is 1. The van der Waals surface area contributed by atoms with Gasteiger partial charge < -0.3 is 15.4 Å². The summed E-state index contributed by atoms with van der Waals surface area (Å²) in [7, 11) is 1.32. The highest BCUT2D eigenvalue weighted by atomic mass is 32.1. The van der Waals surface area contributed by atoms with Gasteiger partial charge in [-0.2, -0.15) is 0 Å². The van der Waals surface area contributed by atoms with Crippen LogP contribution in [0, 0.1) is 0 Å². The van der Waals surface area contributed by atoms with Crippen LogP contribution in [0.15, 0.2) is 60.8 Å². The van der Waals surface area contributed by atoms with Crippen molar-refractivity contribution in [2.75, 3.05) is 29.6 Å². The standard InChI is InChI=1S/C24H22N6O4S/c1-3-25-23(33)29-20-12-18(27-15-7-5-4-6-8-15)16(13-26-20)21(31)30-24-28-17-10-9-14(22(32)34-2)11-19(17)35-24/h4-13H,3H2,1-2H3,(H,28,30,31)(H3,25,26,27,29,33). The van der Waals surface area contributed by atoms with Gasteiger partial charge in [0.25, 0.3) is 5.91 Å². The second kappa shape index (κ2) is 10.6. The Morgan fingerprint density at radius 3 is 2.57 bits per heavy atom. The van der Waals surface area contributed by atoms with Crippen LogP contribution in [-0.4, -0.2) is 41.5 Å². The predicted molar refractivity (Wildman–Crippen MR) is 136 cm³/mol. The first-order chi connectivity index (χ1) is 17.0. The van der Waals surface area contributed by atoms with E-state index < -0.39 is 17.9 Å². The fraction of sp³-hybridized carbons (Fsp3) is 0.125. The minimum Gasteiger partial charge on any atom is -0.465 e. The van der Waals surface area contributed by atoms with Crippen molar-refractivity contribution >= 4 is 61.8 Å². The van der Waals surface area contributed by atoms with Crippen molar-refractivity contribution in [1.29, 1.82) is 0 Å². The molecule has 4 N–H and O–H groups in total. The Bertz CT molecular complexity index is 1390.